The standard InChI is InChI=1S/C23H20F2N2O3S/c1-15-4-3-13-27(14-15)20(22(31)26-17-7-11-18(29-2)12-8-17)21(28)16-5-9-19(10-6-16)30-23(24)25/h3-14,23H,1-2H3,(H-,26,28,31). The Balaban J connectivity index is 1.99. The van der Waals surface area contributed by atoms with E-state index in [1.54, 1.807) is 54.4 Å². The van der Waals surface area contributed by atoms with Crippen LogP contribution in [0.5, 0.6) is 11.5 Å². The highest BCUT2D eigenvalue weighted by Gasteiger charge is 2.19. The van der Waals surface area contributed by atoms with Gasteiger partial charge in [-0.3, -0.25) is 0 Å². The third-order valence-corrected chi connectivity index (χ3v) is 4.62. The van der Waals surface area contributed by atoms with Gasteiger partial charge in [0.05, 0.1) is 7.11 Å². The molecule has 1 N–H and O–H groups in total. The summed E-state index contributed by atoms with van der Waals surface area (Å²) in [5.41, 5.74) is 2.12. The van der Waals surface area contributed by atoms with Crippen molar-refractivity contribution in [2.24, 2.45) is 0 Å². The summed E-state index contributed by atoms with van der Waals surface area (Å²) in [5.74, 6) is 0.288. The van der Waals surface area contributed by atoms with Crippen LogP contribution in [-0.4, -0.2) is 18.7 Å². The number of pyridine rings is 1. The molecule has 0 aliphatic heterocycles. The first-order valence-corrected chi connectivity index (χ1v) is 9.68. The maximum atomic E-state index is 13.3. The number of ether oxygens (including phenoxy) is 2. The summed E-state index contributed by atoms with van der Waals surface area (Å²) >= 11 is 5.56. The van der Waals surface area contributed by atoms with Gasteiger partial charge < -0.3 is 19.9 Å². The van der Waals surface area contributed by atoms with Crippen molar-refractivity contribution in [1.82, 2.24) is 0 Å². The van der Waals surface area contributed by atoms with E-state index in [1.807, 2.05) is 13.0 Å². The van der Waals surface area contributed by atoms with Crippen molar-refractivity contribution in [1.29, 1.82) is 0 Å². The molecule has 3 aromatic rings. The first-order valence-electron chi connectivity index (χ1n) is 9.27. The number of aromatic nitrogens is 1. The van der Waals surface area contributed by atoms with E-state index in [0.717, 1.165) is 5.56 Å². The number of nitrogens with zero attached hydrogens (tertiary/aromatic N) is 1. The highest BCUT2D eigenvalue weighted by atomic mass is 32.1. The third kappa shape index (κ3) is 5.76. The molecule has 0 amide bonds. The quantitative estimate of drug-likeness (QED) is 0.259. The van der Waals surface area contributed by atoms with Crippen LogP contribution in [0.2, 0.25) is 0 Å². The van der Waals surface area contributed by atoms with E-state index in [0.29, 0.717) is 11.4 Å². The van der Waals surface area contributed by atoms with Crippen molar-refractivity contribution in [3.8, 4) is 11.5 Å². The smallest absolute Gasteiger partial charge is 0.387 e. The predicted octanol–water partition coefficient (Wildman–Crippen LogP) is 4.02. The fraction of sp³-hybridized carbons (Fsp3) is 0.130. The molecular weight excluding hydrogens is 422 g/mol. The average Bonchev–Trinajstić information content (AvgIpc) is 2.74. The van der Waals surface area contributed by atoms with Crippen LogP contribution in [0, 0.1) is 6.92 Å². The van der Waals surface area contributed by atoms with Crippen LogP contribution in [0.3, 0.4) is 0 Å². The number of nitrogens with one attached hydrogen (secondary N) is 1. The van der Waals surface area contributed by atoms with Crippen LogP contribution in [0.1, 0.15) is 11.1 Å². The van der Waals surface area contributed by atoms with Crippen LogP contribution < -0.4 is 24.5 Å². The minimum absolute atomic E-state index is 0.0322. The molecule has 0 fully saturated rings. The van der Waals surface area contributed by atoms with Crippen molar-refractivity contribution in [3.05, 3.63) is 84.2 Å². The van der Waals surface area contributed by atoms with Crippen molar-refractivity contribution < 1.29 is 27.9 Å². The van der Waals surface area contributed by atoms with Gasteiger partial charge in [0.25, 0.3) is 0 Å². The number of rotatable bonds is 7. The number of aryl methyl sites for hydroxylation is 1. The van der Waals surface area contributed by atoms with Crippen LogP contribution >= 0.6 is 12.2 Å². The molecular formula is C23H20F2N2O3S. The van der Waals surface area contributed by atoms with Gasteiger partial charge in [0.15, 0.2) is 17.4 Å². The molecule has 31 heavy (non-hydrogen) atoms. The number of halogens is 2. The number of thiocarbonyl (C=S) groups is 1. The Labute approximate surface area is 184 Å². The molecule has 0 spiro atoms. The largest absolute Gasteiger partial charge is 0.867 e. The van der Waals surface area contributed by atoms with Gasteiger partial charge in [0, 0.05) is 17.3 Å². The predicted molar refractivity (Wildman–Crippen MR) is 117 cm³/mol. The lowest BCUT2D eigenvalue weighted by molar-refractivity contribution is -0.578. The summed E-state index contributed by atoms with van der Waals surface area (Å²) in [6.45, 7) is -1.04. The number of methoxy groups -OCH3 is 1. The summed E-state index contributed by atoms with van der Waals surface area (Å²) in [7, 11) is 1.57. The lowest BCUT2D eigenvalue weighted by Crippen LogP contribution is -2.40. The summed E-state index contributed by atoms with van der Waals surface area (Å²) in [4.78, 5) is 0.207. The number of anilines is 1. The van der Waals surface area contributed by atoms with Crippen LogP contribution in [0.15, 0.2) is 73.1 Å². The van der Waals surface area contributed by atoms with Crippen LogP contribution in [-0.2, 0) is 0 Å². The molecule has 0 atom stereocenters. The van der Waals surface area contributed by atoms with Gasteiger partial charge in [-0.15, -0.1) is 0 Å². The molecule has 160 valence electrons. The molecule has 1 aromatic heterocycles. The molecule has 0 radical (unpaired) electrons. The Morgan fingerprint density at radius 2 is 1.68 bits per heavy atom. The molecule has 0 aliphatic carbocycles. The number of hydrogen-bond acceptors (Lipinski definition) is 4. The second kappa shape index (κ2) is 9.99. The lowest BCUT2D eigenvalue weighted by atomic mass is 10.1. The van der Waals surface area contributed by atoms with E-state index in [9.17, 15) is 13.9 Å². The Kier molecular flexibility index (Phi) is 7.15. The first-order chi connectivity index (χ1) is 14.9. The SMILES string of the molecule is COc1ccc(NC(=S)/C(=C(\[O-])c2ccc(OC(F)F)cc2)[n+]2cccc(C)c2)cc1. The van der Waals surface area contributed by atoms with E-state index in [-0.39, 0.29) is 27.8 Å². The Hall–Kier alpha value is -3.52. The summed E-state index contributed by atoms with van der Waals surface area (Å²) in [6, 6.07) is 16.3. The molecule has 3 rings (SSSR count). The zero-order valence-electron chi connectivity index (χ0n) is 16.8. The molecule has 5 nitrogen and oxygen atoms in total. The zero-order valence-corrected chi connectivity index (χ0v) is 17.7. The molecule has 8 heteroatoms. The summed E-state index contributed by atoms with van der Waals surface area (Å²) < 4.78 is 35.9. The van der Waals surface area contributed by atoms with Crippen molar-refractivity contribution in [3.63, 3.8) is 0 Å². The molecule has 0 bridgehead atoms. The first kappa shape index (κ1) is 22.2. The van der Waals surface area contributed by atoms with E-state index in [1.165, 1.54) is 24.3 Å². The van der Waals surface area contributed by atoms with Crippen LogP contribution in [0.25, 0.3) is 11.5 Å². The molecule has 2 aromatic carbocycles. The zero-order chi connectivity index (χ0) is 22.4. The maximum Gasteiger partial charge on any atom is 0.387 e. The van der Waals surface area contributed by atoms with Gasteiger partial charge in [-0.1, -0.05) is 24.4 Å². The third-order valence-electron chi connectivity index (χ3n) is 4.33. The molecule has 0 saturated carbocycles. The van der Waals surface area contributed by atoms with E-state index in [2.05, 4.69) is 10.1 Å². The molecule has 0 unspecified atom stereocenters. The average molecular weight is 442 g/mol. The van der Waals surface area contributed by atoms with Crippen molar-refractivity contribution in [2.45, 2.75) is 13.5 Å². The van der Waals surface area contributed by atoms with Crippen molar-refractivity contribution in [2.75, 3.05) is 12.4 Å². The Morgan fingerprint density at radius 3 is 2.26 bits per heavy atom. The maximum absolute atomic E-state index is 13.3. The van der Waals surface area contributed by atoms with Crippen molar-refractivity contribution >= 4 is 34.3 Å². The number of benzene rings is 2. The second-order valence-electron chi connectivity index (χ2n) is 6.55. The normalized spacial score (nSPS) is 11.6. The van der Waals surface area contributed by atoms with E-state index in [4.69, 9.17) is 17.0 Å². The summed E-state index contributed by atoms with van der Waals surface area (Å²) in [6.07, 6.45) is 3.50. The van der Waals surface area contributed by atoms with Gasteiger partial charge in [-0.05, 0) is 60.7 Å². The van der Waals surface area contributed by atoms with Gasteiger partial charge in [-0.25, -0.2) is 0 Å². The molecule has 0 saturated heterocycles. The number of hydrogen-bond donors (Lipinski definition) is 1. The Morgan fingerprint density at radius 1 is 1.03 bits per heavy atom. The topological polar surface area (TPSA) is 57.4 Å². The fourth-order valence-electron chi connectivity index (χ4n) is 2.86. The molecule has 1 heterocycles. The fourth-order valence-corrected chi connectivity index (χ4v) is 3.17. The van der Waals surface area contributed by atoms with E-state index < -0.39 is 6.61 Å². The Bertz CT molecular complexity index is 1080. The highest BCUT2D eigenvalue weighted by Crippen LogP contribution is 2.22. The van der Waals surface area contributed by atoms with E-state index >= 15 is 0 Å². The molecule has 0 aliphatic rings. The minimum atomic E-state index is -2.94. The monoisotopic (exact) mass is 442 g/mol. The lowest BCUT2D eigenvalue weighted by Gasteiger charge is -2.17. The van der Waals surface area contributed by atoms with Crippen LogP contribution in [0.4, 0.5) is 14.5 Å². The minimum Gasteiger partial charge on any atom is -0.867 e. The van der Waals surface area contributed by atoms with Gasteiger partial charge >= 0.3 is 6.61 Å². The summed E-state index contributed by atoms with van der Waals surface area (Å²) in [5, 5.41) is 16.4. The number of alkyl halides is 2. The van der Waals surface area contributed by atoms with Gasteiger partial charge in [-0.2, -0.15) is 13.3 Å². The highest BCUT2D eigenvalue weighted by molar-refractivity contribution is 7.81. The van der Waals surface area contributed by atoms with Gasteiger partial charge in [0.1, 0.15) is 11.5 Å². The van der Waals surface area contributed by atoms with Gasteiger partial charge in [0.2, 0.25) is 5.70 Å². The second-order valence-corrected chi connectivity index (χ2v) is 6.96.